The van der Waals surface area contributed by atoms with Gasteiger partial charge < -0.3 is 4.74 Å². The lowest BCUT2D eigenvalue weighted by Gasteiger charge is -2.19. The van der Waals surface area contributed by atoms with E-state index >= 15 is 0 Å². The fourth-order valence-electron chi connectivity index (χ4n) is 3.98. The molecule has 0 N–H and O–H groups in total. The van der Waals surface area contributed by atoms with Crippen LogP contribution in [-0.2, 0) is 9.59 Å². The van der Waals surface area contributed by atoms with Crippen LogP contribution in [-0.4, -0.2) is 24.2 Å². The number of carbonyl (C=O) groups is 3. The van der Waals surface area contributed by atoms with E-state index in [0.29, 0.717) is 17.0 Å². The van der Waals surface area contributed by atoms with Gasteiger partial charge in [-0.2, -0.15) is 0 Å². The molecular formula is C22H20FNO4. The van der Waals surface area contributed by atoms with Crippen LogP contribution >= 0.6 is 0 Å². The Hall–Kier alpha value is -3.02. The highest BCUT2D eigenvalue weighted by atomic mass is 19.1. The van der Waals surface area contributed by atoms with E-state index in [-0.39, 0.29) is 36.0 Å². The van der Waals surface area contributed by atoms with Gasteiger partial charge in [0.1, 0.15) is 11.6 Å². The normalized spacial score (nSPS) is 21.5. The minimum atomic E-state index is -0.404. The second-order valence-electron chi connectivity index (χ2n) is 7.22. The molecule has 0 unspecified atom stereocenters. The summed E-state index contributed by atoms with van der Waals surface area (Å²) in [5.74, 6) is -0.826. The van der Waals surface area contributed by atoms with Crippen LogP contribution in [0.4, 0.5) is 10.1 Å². The van der Waals surface area contributed by atoms with Gasteiger partial charge in [-0.1, -0.05) is 12.8 Å². The minimum absolute atomic E-state index is 0.116. The van der Waals surface area contributed by atoms with E-state index in [9.17, 15) is 18.8 Å². The maximum Gasteiger partial charge on any atom is 0.237 e. The Bertz CT molecular complexity index is 883. The Balaban J connectivity index is 1.41. The molecule has 2 aliphatic rings. The molecule has 2 amide bonds. The first-order valence-corrected chi connectivity index (χ1v) is 9.44. The summed E-state index contributed by atoms with van der Waals surface area (Å²) >= 11 is 0. The summed E-state index contributed by atoms with van der Waals surface area (Å²) < 4.78 is 18.4. The van der Waals surface area contributed by atoms with Crippen LogP contribution in [0.3, 0.4) is 0 Å². The number of imide groups is 1. The molecule has 5 nitrogen and oxygen atoms in total. The third-order valence-corrected chi connectivity index (χ3v) is 5.47. The SMILES string of the molecule is O=C(COc1ccc(N2C(=O)[C@H]3CCCC[C@@H]3C2=O)cc1)c1ccc(F)cc1. The van der Waals surface area contributed by atoms with E-state index < -0.39 is 5.82 Å². The van der Waals surface area contributed by atoms with Crippen molar-refractivity contribution in [2.24, 2.45) is 11.8 Å². The van der Waals surface area contributed by atoms with Crippen LogP contribution in [0.1, 0.15) is 36.0 Å². The predicted molar refractivity (Wildman–Crippen MR) is 101 cm³/mol. The van der Waals surface area contributed by atoms with Crippen molar-refractivity contribution in [1.82, 2.24) is 0 Å². The van der Waals surface area contributed by atoms with Gasteiger partial charge in [-0.25, -0.2) is 4.39 Å². The molecule has 0 spiro atoms. The molecule has 1 aliphatic heterocycles. The number of anilines is 1. The summed E-state index contributed by atoms with van der Waals surface area (Å²) in [6.45, 7) is -0.184. The molecule has 2 aromatic carbocycles. The summed E-state index contributed by atoms with van der Waals surface area (Å²) in [4.78, 5) is 38.6. The lowest BCUT2D eigenvalue weighted by molar-refractivity contribution is -0.122. The number of ketones is 1. The third-order valence-electron chi connectivity index (χ3n) is 5.47. The van der Waals surface area contributed by atoms with Gasteiger partial charge >= 0.3 is 0 Å². The summed E-state index contributed by atoms with van der Waals surface area (Å²) in [5.41, 5.74) is 0.899. The van der Waals surface area contributed by atoms with Crippen LogP contribution in [0, 0.1) is 17.7 Å². The van der Waals surface area contributed by atoms with Crippen LogP contribution < -0.4 is 9.64 Å². The number of ether oxygens (including phenoxy) is 1. The highest BCUT2D eigenvalue weighted by molar-refractivity contribution is 6.22. The van der Waals surface area contributed by atoms with Crippen molar-refractivity contribution < 1.29 is 23.5 Å². The second-order valence-corrected chi connectivity index (χ2v) is 7.22. The predicted octanol–water partition coefficient (Wildman–Crippen LogP) is 3.77. The molecule has 0 aromatic heterocycles. The molecule has 2 aromatic rings. The van der Waals surface area contributed by atoms with E-state index in [1.807, 2.05) is 0 Å². The average molecular weight is 381 g/mol. The molecule has 1 saturated carbocycles. The first kappa shape index (κ1) is 18.3. The molecule has 0 bridgehead atoms. The van der Waals surface area contributed by atoms with Gasteiger partial charge in [-0.05, 0) is 61.4 Å². The molecule has 1 saturated heterocycles. The van der Waals surface area contributed by atoms with Crippen LogP contribution in [0.2, 0.25) is 0 Å². The van der Waals surface area contributed by atoms with E-state index in [1.54, 1.807) is 24.3 Å². The fourth-order valence-corrected chi connectivity index (χ4v) is 3.98. The van der Waals surface area contributed by atoms with Crippen molar-refractivity contribution >= 4 is 23.3 Å². The van der Waals surface area contributed by atoms with Crippen LogP contribution in [0.15, 0.2) is 48.5 Å². The second kappa shape index (κ2) is 7.54. The quantitative estimate of drug-likeness (QED) is 0.584. The van der Waals surface area contributed by atoms with Crippen molar-refractivity contribution in [3.63, 3.8) is 0 Å². The number of fused-ring (bicyclic) bond motifs is 1. The van der Waals surface area contributed by atoms with Crippen molar-refractivity contribution in [2.75, 3.05) is 11.5 Å². The number of amides is 2. The lowest BCUT2D eigenvalue weighted by atomic mass is 9.81. The van der Waals surface area contributed by atoms with Gasteiger partial charge in [-0.3, -0.25) is 19.3 Å². The summed E-state index contributed by atoms with van der Waals surface area (Å²) in [5, 5.41) is 0. The smallest absolute Gasteiger partial charge is 0.237 e. The standard InChI is InChI=1S/C22H20FNO4/c23-15-7-5-14(6-8-15)20(25)13-28-17-11-9-16(10-12-17)24-21(26)18-3-1-2-4-19(18)22(24)27/h5-12,18-19H,1-4,13H2/t18-,19-/m0/s1. The topological polar surface area (TPSA) is 63.7 Å². The zero-order valence-electron chi connectivity index (χ0n) is 15.3. The highest BCUT2D eigenvalue weighted by Crippen LogP contribution is 2.40. The molecule has 144 valence electrons. The van der Waals surface area contributed by atoms with Gasteiger partial charge in [0.05, 0.1) is 17.5 Å². The molecular weight excluding hydrogens is 361 g/mol. The number of rotatable bonds is 5. The number of hydrogen-bond donors (Lipinski definition) is 0. The molecule has 2 fully saturated rings. The largest absolute Gasteiger partial charge is 0.485 e. The number of Topliss-reactive ketones (excluding diaryl/α,β-unsaturated/α-hetero) is 1. The van der Waals surface area contributed by atoms with Crippen molar-refractivity contribution in [3.05, 3.63) is 59.9 Å². The Kier molecular flexibility index (Phi) is 4.94. The molecule has 6 heteroatoms. The number of carbonyl (C=O) groups excluding carboxylic acids is 3. The minimum Gasteiger partial charge on any atom is -0.485 e. The van der Waals surface area contributed by atoms with Gasteiger partial charge in [0, 0.05) is 5.56 Å². The summed E-state index contributed by atoms with van der Waals surface area (Å²) in [6.07, 6.45) is 3.53. The Morgan fingerprint density at radius 2 is 1.50 bits per heavy atom. The fraction of sp³-hybridized carbons (Fsp3) is 0.318. The lowest BCUT2D eigenvalue weighted by Crippen LogP contribution is -2.30. The van der Waals surface area contributed by atoms with Gasteiger partial charge in [0.25, 0.3) is 0 Å². The number of hydrogen-bond acceptors (Lipinski definition) is 4. The molecule has 0 radical (unpaired) electrons. The van der Waals surface area contributed by atoms with Gasteiger partial charge in [0.2, 0.25) is 11.8 Å². The summed E-state index contributed by atoms with van der Waals surface area (Å²) in [7, 11) is 0. The molecule has 4 rings (SSSR count). The number of benzene rings is 2. The highest BCUT2D eigenvalue weighted by Gasteiger charge is 2.48. The molecule has 1 heterocycles. The van der Waals surface area contributed by atoms with E-state index in [1.165, 1.54) is 29.2 Å². The van der Waals surface area contributed by atoms with E-state index in [2.05, 4.69) is 0 Å². The zero-order valence-corrected chi connectivity index (χ0v) is 15.3. The zero-order chi connectivity index (χ0) is 19.7. The Morgan fingerprint density at radius 3 is 2.07 bits per heavy atom. The maximum atomic E-state index is 12.9. The van der Waals surface area contributed by atoms with Gasteiger partial charge in [0.15, 0.2) is 12.4 Å². The Morgan fingerprint density at radius 1 is 0.929 bits per heavy atom. The molecule has 1 aliphatic carbocycles. The van der Waals surface area contributed by atoms with Crippen LogP contribution in [0.25, 0.3) is 0 Å². The average Bonchev–Trinajstić information content (AvgIpc) is 2.98. The summed E-state index contributed by atoms with van der Waals surface area (Å²) in [6, 6.07) is 11.9. The number of nitrogens with zero attached hydrogens (tertiary/aromatic N) is 1. The monoisotopic (exact) mass is 381 g/mol. The van der Waals surface area contributed by atoms with Crippen LogP contribution in [0.5, 0.6) is 5.75 Å². The maximum absolute atomic E-state index is 12.9. The van der Waals surface area contributed by atoms with Crippen molar-refractivity contribution in [2.45, 2.75) is 25.7 Å². The van der Waals surface area contributed by atoms with Crippen molar-refractivity contribution in [3.8, 4) is 5.75 Å². The molecule has 28 heavy (non-hydrogen) atoms. The number of halogens is 1. The van der Waals surface area contributed by atoms with Gasteiger partial charge in [-0.15, -0.1) is 0 Å². The molecule has 2 atom stereocenters. The van der Waals surface area contributed by atoms with E-state index in [0.717, 1.165) is 25.7 Å². The van der Waals surface area contributed by atoms with Crippen molar-refractivity contribution in [1.29, 1.82) is 0 Å². The third kappa shape index (κ3) is 3.42. The Labute approximate surface area is 162 Å². The first-order chi connectivity index (χ1) is 13.5. The van der Waals surface area contributed by atoms with E-state index in [4.69, 9.17) is 4.74 Å². The first-order valence-electron chi connectivity index (χ1n) is 9.44.